The molecule has 0 saturated carbocycles. The van der Waals surface area contributed by atoms with Crippen molar-refractivity contribution < 1.29 is 8.42 Å². The third-order valence-electron chi connectivity index (χ3n) is 3.89. The fourth-order valence-corrected chi connectivity index (χ4v) is 4.68. The number of nitriles is 1. The Hall–Kier alpha value is -2.23. The Morgan fingerprint density at radius 3 is 2.64 bits per heavy atom. The number of sulfonamides is 1. The van der Waals surface area contributed by atoms with Crippen molar-refractivity contribution in [2.75, 3.05) is 6.54 Å². The fourth-order valence-electron chi connectivity index (χ4n) is 2.86. The molecular weight excluding hydrogens is 298 g/mol. The molecule has 22 heavy (non-hydrogen) atoms. The second-order valence-electron chi connectivity index (χ2n) is 5.16. The van der Waals surface area contributed by atoms with Crippen LogP contribution in [0.4, 0.5) is 0 Å². The van der Waals surface area contributed by atoms with Crippen LogP contribution in [-0.2, 0) is 10.0 Å². The highest BCUT2D eigenvalue weighted by Crippen LogP contribution is 2.36. The Kier molecular flexibility index (Phi) is 3.92. The molecule has 1 aliphatic rings. The predicted molar refractivity (Wildman–Crippen MR) is 81.3 cm³/mol. The van der Waals surface area contributed by atoms with E-state index in [1.165, 1.54) is 16.4 Å². The van der Waals surface area contributed by atoms with Crippen LogP contribution in [0.5, 0.6) is 0 Å². The van der Waals surface area contributed by atoms with Crippen LogP contribution in [0.3, 0.4) is 0 Å². The van der Waals surface area contributed by atoms with Crippen LogP contribution in [-0.4, -0.2) is 24.3 Å². The van der Waals surface area contributed by atoms with Crippen molar-refractivity contribution in [1.29, 1.82) is 5.26 Å². The molecule has 2 aromatic rings. The lowest BCUT2D eigenvalue weighted by atomic mass is 10.1. The number of pyridine rings is 1. The van der Waals surface area contributed by atoms with E-state index in [1.54, 1.807) is 24.5 Å². The van der Waals surface area contributed by atoms with E-state index in [0.29, 0.717) is 6.54 Å². The summed E-state index contributed by atoms with van der Waals surface area (Å²) in [6.07, 6.45) is 4.92. The number of nitrogens with zero attached hydrogens (tertiary/aromatic N) is 3. The molecule has 3 rings (SSSR count). The highest BCUT2D eigenvalue weighted by atomic mass is 32.2. The molecule has 1 atom stereocenters. The van der Waals surface area contributed by atoms with Gasteiger partial charge < -0.3 is 0 Å². The molecule has 1 aromatic heterocycles. The van der Waals surface area contributed by atoms with Crippen LogP contribution < -0.4 is 0 Å². The summed E-state index contributed by atoms with van der Waals surface area (Å²) >= 11 is 0. The molecule has 5 nitrogen and oxygen atoms in total. The van der Waals surface area contributed by atoms with Crippen molar-refractivity contribution in [3.63, 3.8) is 0 Å². The minimum absolute atomic E-state index is 0.0819. The zero-order valence-corrected chi connectivity index (χ0v) is 12.7. The summed E-state index contributed by atoms with van der Waals surface area (Å²) in [5.41, 5.74) is 1.12. The molecule has 2 heterocycles. The van der Waals surface area contributed by atoms with Gasteiger partial charge in [-0.25, -0.2) is 8.42 Å². The lowest BCUT2D eigenvalue weighted by Gasteiger charge is -2.24. The summed E-state index contributed by atoms with van der Waals surface area (Å²) in [4.78, 5) is 4.06. The van der Waals surface area contributed by atoms with Crippen LogP contribution in [0, 0.1) is 11.3 Å². The Balaban J connectivity index is 2.04. The van der Waals surface area contributed by atoms with Gasteiger partial charge in [0.25, 0.3) is 0 Å². The number of hydrogen-bond donors (Lipinski definition) is 0. The largest absolute Gasteiger partial charge is 0.265 e. The Labute approximate surface area is 129 Å². The average molecular weight is 313 g/mol. The summed E-state index contributed by atoms with van der Waals surface area (Å²) in [6, 6.07) is 11.8. The van der Waals surface area contributed by atoms with Gasteiger partial charge in [0.15, 0.2) is 0 Å². The first kappa shape index (κ1) is 14.7. The molecule has 112 valence electrons. The van der Waals surface area contributed by atoms with Crippen molar-refractivity contribution >= 4 is 10.0 Å². The molecule has 1 aliphatic heterocycles. The standard InChI is InChI=1S/C16H15N3O2S/c17-12-14-4-1-2-6-16(14)22(20,21)19-11-3-5-15(19)13-7-9-18-10-8-13/h1-2,4,6-10,15H,3,5,11H2. The highest BCUT2D eigenvalue weighted by molar-refractivity contribution is 7.89. The maximum Gasteiger partial charge on any atom is 0.244 e. The van der Waals surface area contributed by atoms with Gasteiger partial charge in [0.05, 0.1) is 16.5 Å². The monoisotopic (exact) mass is 313 g/mol. The zero-order chi connectivity index (χ0) is 15.6. The quantitative estimate of drug-likeness (QED) is 0.872. The fraction of sp³-hybridized carbons (Fsp3) is 0.250. The molecule has 0 N–H and O–H groups in total. The van der Waals surface area contributed by atoms with E-state index in [1.807, 2.05) is 18.2 Å². The molecule has 0 spiro atoms. The maximum absolute atomic E-state index is 13.0. The molecule has 1 saturated heterocycles. The van der Waals surface area contributed by atoms with Gasteiger partial charge in [-0.15, -0.1) is 0 Å². The third-order valence-corrected chi connectivity index (χ3v) is 5.86. The van der Waals surface area contributed by atoms with E-state index >= 15 is 0 Å². The van der Waals surface area contributed by atoms with Gasteiger partial charge in [-0.2, -0.15) is 9.57 Å². The van der Waals surface area contributed by atoms with Gasteiger partial charge in [-0.3, -0.25) is 4.98 Å². The molecule has 1 aromatic carbocycles. The lowest BCUT2D eigenvalue weighted by molar-refractivity contribution is 0.396. The van der Waals surface area contributed by atoms with E-state index < -0.39 is 10.0 Å². The second kappa shape index (κ2) is 5.87. The van der Waals surface area contributed by atoms with Crippen LogP contribution in [0.15, 0.2) is 53.7 Å². The number of aromatic nitrogens is 1. The number of hydrogen-bond acceptors (Lipinski definition) is 4. The predicted octanol–water partition coefficient (Wildman–Crippen LogP) is 2.48. The van der Waals surface area contributed by atoms with Gasteiger partial charge in [0.2, 0.25) is 10.0 Å². The van der Waals surface area contributed by atoms with Crippen molar-refractivity contribution in [3.8, 4) is 6.07 Å². The van der Waals surface area contributed by atoms with Gasteiger partial charge in [0.1, 0.15) is 6.07 Å². The van der Waals surface area contributed by atoms with E-state index in [4.69, 9.17) is 5.26 Å². The molecule has 0 bridgehead atoms. The van der Waals surface area contributed by atoms with Crippen LogP contribution in [0.1, 0.15) is 30.0 Å². The minimum Gasteiger partial charge on any atom is -0.265 e. The van der Waals surface area contributed by atoms with Crippen LogP contribution in [0.25, 0.3) is 0 Å². The molecule has 0 aliphatic carbocycles. The summed E-state index contributed by atoms with van der Waals surface area (Å²) in [5, 5.41) is 9.17. The van der Waals surface area contributed by atoms with Gasteiger partial charge in [0, 0.05) is 18.9 Å². The first-order valence-electron chi connectivity index (χ1n) is 7.05. The topological polar surface area (TPSA) is 74.1 Å². The molecular formula is C16H15N3O2S. The summed E-state index contributed by atoms with van der Waals surface area (Å²) < 4.78 is 27.4. The molecule has 0 radical (unpaired) electrons. The zero-order valence-electron chi connectivity index (χ0n) is 11.9. The lowest BCUT2D eigenvalue weighted by Crippen LogP contribution is -2.31. The Bertz CT molecular complexity index is 813. The smallest absolute Gasteiger partial charge is 0.244 e. The normalized spacial score (nSPS) is 19.0. The Morgan fingerprint density at radius 1 is 1.18 bits per heavy atom. The van der Waals surface area contributed by atoms with Gasteiger partial charge in [-0.05, 0) is 42.7 Å². The summed E-state index contributed by atoms with van der Waals surface area (Å²) in [6.45, 7) is 0.467. The SMILES string of the molecule is N#Cc1ccccc1S(=O)(=O)N1CCCC1c1ccncc1. The summed E-state index contributed by atoms with van der Waals surface area (Å²) in [5.74, 6) is 0. The van der Waals surface area contributed by atoms with Gasteiger partial charge >= 0.3 is 0 Å². The van der Waals surface area contributed by atoms with Crippen molar-refractivity contribution in [2.24, 2.45) is 0 Å². The molecule has 0 amide bonds. The van der Waals surface area contributed by atoms with Crippen LogP contribution >= 0.6 is 0 Å². The van der Waals surface area contributed by atoms with E-state index in [2.05, 4.69) is 4.98 Å². The first-order chi connectivity index (χ1) is 10.6. The van der Waals surface area contributed by atoms with Crippen LogP contribution in [0.2, 0.25) is 0 Å². The first-order valence-corrected chi connectivity index (χ1v) is 8.49. The molecule has 1 unspecified atom stereocenters. The Morgan fingerprint density at radius 2 is 1.91 bits per heavy atom. The van der Waals surface area contributed by atoms with Crippen molar-refractivity contribution in [1.82, 2.24) is 9.29 Å². The van der Waals surface area contributed by atoms with Crippen molar-refractivity contribution in [2.45, 2.75) is 23.8 Å². The van der Waals surface area contributed by atoms with E-state index in [-0.39, 0.29) is 16.5 Å². The summed E-state index contributed by atoms with van der Waals surface area (Å²) in [7, 11) is -3.69. The second-order valence-corrected chi connectivity index (χ2v) is 7.02. The highest BCUT2D eigenvalue weighted by Gasteiger charge is 2.37. The number of benzene rings is 1. The van der Waals surface area contributed by atoms with E-state index in [0.717, 1.165) is 18.4 Å². The van der Waals surface area contributed by atoms with Gasteiger partial charge in [-0.1, -0.05) is 12.1 Å². The number of rotatable bonds is 3. The maximum atomic E-state index is 13.0. The third kappa shape index (κ3) is 2.49. The average Bonchev–Trinajstić information content (AvgIpc) is 3.06. The molecule has 6 heteroatoms. The van der Waals surface area contributed by atoms with E-state index in [9.17, 15) is 8.42 Å². The minimum atomic E-state index is -3.69. The van der Waals surface area contributed by atoms with Crippen molar-refractivity contribution in [3.05, 3.63) is 59.9 Å². The molecule has 1 fully saturated rings.